The van der Waals surface area contributed by atoms with Gasteiger partial charge in [0.25, 0.3) is 0 Å². The van der Waals surface area contributed by atoms with Gasteiger partial charge in [0.15, 0.2) is 0 Å². The second-order valence-electron chi connectivity index (χ2n) is 5.03. The molecule has 1 heterocycles. The number of aromatic nitrogens is 1. The quantitative estimate of drug-likeness (QED) is 0.908. The number of nitrogens with zero attached hydrogens (tertiary/aromatic N) is 3. The lowest BCUT2D eigenvalue weighted by Gasteiger charge is -2.13. The fourth-order valence-electron chi connectivity index (χ4n) is 1.88. The summed E-state index contributed by atoms with van der Waals surface area (Å²) < 4.78 is 13.1. The molecular weight excluding hydrogens is 297 g/mol. The Morgan fingerprint density at radius 2 is 2.13 bits per heavy atom. The largest absolute Gasteiger partial charge is 0.363 e. The molecule has 118 valence electrons. The minimum absolute atomic E-state index is 0.0685. The molecule has 2 aromatic rings. The first-order valence-electron chi connectivity index (χ1n) is 6.86. The molecule has 0 atom stereocenters. The summed E-state index contributed by atoms with van der Waals surface area (Å²) in [5.74, 6) is 0.260. The van der Waals surface area contributed by atoms with Crippen LogP contribution in [0.2, 0.25) is 0 Å². The van der Waals surface area contributed by atoms with Crippen LogP contribution in [0.1, 0.15) is 11.1 Å². The normalized spacial score (nSPS) is 9.83. The highest BCUT2D eigenvalue weighted by atomic mass is 19.1. The van der Waals surface area contributed by atoms with Gasteiger partial charge in [-0.1, -0.05) is 0 Å². The first kappa shape index (κ1) is 16.2. The summed E-state index contributed by atoms with van der Waals surface area (Å²) in [6, 6.07) is 8.63. The lowest BCUT2D eigenvalue weighted by molar-refractivity contribution is 0.251. The fourth-order valence-corrected chi connectivity index (χ4v) is 1.88. The second-order valence-corrected chi connectivity index (χ2v) is 5.03. The third kappa shape index (κ3) is 4.41. The maximum atomic E-state index is 13.1. The molecule has 2 amide bonds. The standard InChI is InChI=1S/C16H16FN5O/c1-22(2)15-7-11(5-6-19-15)10-20-16(23)21-14-4-3-13(17)8-12(14)9-18/h3-8H,10H2,1-2H3,(H2,20,21,23). The molecule has 0 saturated carbocycles. The van der Waals surface area contributed by atoms with Crippen molar-refractivity contribution in [3.8, 4) is 6.07 Å². The maximum Gasteiger partial charge on any atom is 0.319 e. The molecule has 7 heteroatoms. The predicted molar refractivity (Wildman–Crippen MR) is 85.5 cm³/mol. The summed E-state index contributed by atoms with van der Waals surface area (Å²) in [6.07, 6.45) is 1.66. The van der Waals surface area contributed by atoms with Crippen LogP contribution in [0.25, 0.3) is 0 Å². The third-order valence-electron chi connectivity index (χ3n) is 3.07. The van der Waals surface area contributed by atoms with E-state index < -0.39 is 11.8 Å². The Kier molecular flexibility index (Phi) is 5.10. The molecule has 0 saturated heterocycles. The van der Waals surface area contributed by atoms with Crippen LogP contribution in [-0.2, 0) is 6.54 Å². The number of amides is 2. The summed E-state index contributed by atoms with van der Waals surface area (Å²) in [6.45, 7) is 0.304. The van der Waals surface area contributed by atoms with Crippen molar-refractivity contribution < 1.29 is 9.18 Å². The molecule has 0 unspecified atom stereocenters. The Morgan fingerprint density at radius 3 is 2.83 bits per heavy atom. The van der Waals surface area contributed by atoms with Gasteiger partial charge in [-0.25, -0.2) is 14.2 Å². The van der Waals surface area contributed by atoms with Crippen LogP contribution in [-0.4, -0.2) is 25.1 Å². The van der Waals surface area contributed by atoms with Gasteiger partial charge in [0.05, 0.1) is 11.3 Å². The van der Waals surface area contributed by atoms with Gasteiger partial charge >= 0.3 is 6.03 Å². The van der Waals surface area contributed by atoms with Crippen molar-refractivity contribution >= 4 is 17.5 Å². The highest BCUT2D eigenvalue weighted by molar-refractivity contribution is 5.90. The molecule has 0 spiro atoms. The zero-order valence-corrected chi connectivity index (χ0v) is 12.8. The van der Waals surface area contributed by atoms with Crippen LogP contribution in [0.4, 0.5) is 20.7 Å². The number of carbonyl (C=O) groups excluding carboxylic acids is 1. The molecule has 0 aliphatic rings. The molecule has 0 aliphatic carbocycles. The van der Waals surface area contributed by atoms with Crippen molar-refractivity contribution in [2.24, 2.45) is 0 Å². The highest BCUT2D eigenvalue weighted by Crippen LogP contribution is 2.16. The molecule has 0 aliphatic heterocycles. The molecular formula is C16H16FN5O. The van der Waals surface area contributed by atoms with E-state index in [2.05, 4.69) is 15.6 Å². The summed E-state index contributed by atoms with van der Waals surface area (Å²) >= 11 is 0. The summed E-state index contributed by atoms with van der Waals surface area (Å²) in [7, 11) is 3.76. The van der Waals surface area contributed by atoms with Crippen LogP contribution in [0.15, 0.2) is 36.5 Å². The number of hydrogen-bond acceptors (Lipinski definition) is 4. The van der Waals surface area contributed by atoms with Crippen LogP contribution in [0.5, 0.6) is 0 Å². The molecule has 6 nitrogen and oxygen atoms in total. The van der Waals surface area contributed by atoms with Gasteiger partial charge in [-0.15, -0.1) is 0 Å². The number of urea groups is 1. The van der Waals surface area contributed by atoms with E-state index in [1.54, 1.807) is 12.3 Å². The Bertz CT molecular complexity index is 754. The second kappa shape index (κ2) is 7.22. The van der Waals surface area contributed by atoms with Gasteiger partial charge in [-0.3, -0.25) is 0 Å². The van der Waals surface area contributed by atoms with E-state index in [-0.39, 0.29) is 11.3 Å². The van der Waals surface area contributed by atoms with E-state index in [9.17, 15) is 9.18 Å². The Labute approximate surface area is 133 Å². The SMILES string of the molecule is CN(C)c1cc(CNC(=O)Nc2ccc(F)cc2C#N)ccn1. The van der Waals surface area contributed by atoms with Crippen LogP contribution < -0.4 is 15.5 Å². The van der Waals surface area contributed by atoms with Crippen LogP contribution in [0, 0.1) is 17.1 Å². The zero-order chi connectivity index (χ0) is 16.8. The highest BCUT2D eigenvalue weighted by Gasteiger charge is 2.08. The number of nitrogens with one attached hydrogen (secondary N) is 2. The molecule has 1 aromatic carbocycles. The van der Waals surface area contributed by atoms with E-state index >= 15 is 0 Å². The first-order valence-corrected chi connectivity index (χ1v) is 6.86. The number of nitriles is 1. The number of carbonyl (C=O) groups is 1. The monoisotopic (exact) mass is 313 g/mol. The molecule has 2 N–H and O–H groups in total. The Morgan fingerprint density at radius 1 is 1.35 bits per heavy atom. The van der Waals surface area contributed by atoms with Crippen molar-refractivity contribution in [2.45, 2.75) is 6.54 Å². The Balaban J connectivity index is 1.98. The van der Waals surface area contributed by atoms with Crippen LogP contribution >= 0.6 is 0 Å². The van der Waals surface area contributed by atoms with Gasteiger partial charge in [-0.2, -0.15) is 5.26 Å². The van der Waals surface area contributed by atoms with E-state index in [0.29, 0.717) is 6.54 Å². The van der Waals surface area contributed by atoms with Gasteiger partial charge in [0.1, 0.15) is 17.7 Å². The van der Waals surface area contributed by atoms with Gasteiger partial charge in [0, 0.05) is 26.8 Å². The maximum absolute atomic E-state index is 13.1. The molecule has 2 rings (SSSR count). The van der Waals surface area contributed by atoms with Crippen molar-refractivity contribution in [3.63, 3.8) is 0 Å². The Hall–Kier alpha value is -3.14. The smallest absolute Gasteiger partial charge is 0.319 e. The fraction of sp³-hybridized carbons (Fsp3) is 0.188. The number of pyridine rings is 1. The average Bonchev–Trinajstić information content (AvgIpc) is 2.54. The molecule has 23 heavy (non-hydrogen) atoms. The lowest BCUT2D eigenvalue weighted by Crippen LogP contribution is -2.28. The zero-order valence-electron chi connectivity index (χ0n) is 12.8. The summed E-state index contributed by atoms with van der Waals surface area (Å²) in [4.78, 5) is 18.0. The number of benzene rings is 1. The lowest BCUT2D eigenvalue weighted by atomic mass is 10.2. The van der Waals surface area contributed by atoms with Crippen molar-refractivity contribution in [1.29, 1.82) is 5.26 Å². The van der Waals surface area contributed by atoms with Gasteiger partial charge in [0.2, 0.25) is 0 Å². The van der Waals surface area contributed by atoms with Crippen molar-refractivity contribution in [1.82, 2.24) is 10.3 Å². The summed E-state index contributed by atoms with van der Waals surface area (Å²) in [5, 5.41) is 14.2. The van der Waals surface area contributed by atoms with Gasteiger partial charge in [-0.05, 0) is 35.9 Å². The molecule has 0 fully saturated rings. The third-order valence-corrected chi connectivity index (χ3v) is 3.07. The van der Waals surface area contributed by atoms with Crippen molar-refractivity contribution in [3.05, 3.63) is 53.5 Å². The average molecular weight is 313 g/mol. The number of rotatable bonds is 4. The predicted octanol–water partition coefficient (Wildman–Crippen LogP) is 2.48. The molecule has 1 aromatic heterocycles. The van der Waals surface area contributed by atoms with E-state index in [1.165, 1.54) is 12.1 Å². The minimum Gasteiger partial charge on any atom is -0.363 e. The molecule has 0 bridgehead atoms. The van der Waals surface area contributed by atoms with E-state index in [1.807, 2.05) is 31.1 Å². The topological polar surface area (TPSA) is 81.0 Å². The van der Waals surface area contributed by atoms with Crippen LogP contribution in [0.3, 0.4) is 0 Å². The number of halogens is 1. The van der Waals surface area contributed by atoms with E-state index in [0.717, 1.165) is 17.4 Å². The van der Waals surface area contributed by atoms with Gasteiger partial charge < -0.3 is 15.5 Å². The summed E-state index contributed by atoms with van der Waals surface area (Å²) in [5.41, 5.74) is 1.22. The van der Waals surface area contributed by atoms with Crippen molar-refractivity contribution in [2.75, 3.05) is 24.3 Å². The van der Waals surface area contributed by atoms with E-state index in [4.69, 9.17) is 5.26 Å². The molecule has 0 radical (unpaired) electrons. The number of anilines is 2. The number of hydrogen-bond donors (Lipinski definition) is 2. The first-order chi connectivity index (χ1) is 11.0. The minimum atomic E-state index is -0.527.